The standard InChI is InChI=1S/C28H45N4O7PSi/c1-12-13-14-21(33)23-24(38-40(36-18-16-29-9)32(19(2)3)20(4)5)25(39-41(10,11)28(6,7)8)26(37-23)31-17-15-22(34)30-27(31)35/h1,15,17,19-20,23-26H,13-14,16,18H2,2-8,10-11H3,(H,30,34,35)/t23-,24?,25+,26-,40?/m1/s1. The van der Waals surface area contributed by atoms with Gasteiger partial charge in [-0.15, -0.1) is 12.3 Å². The van der Waals surface area contributed by atoms with Gasteiger partial charge in [0.25, 0.3) is 14.1 Å². The largest absolute Gasteiger partial charge is 0.406 e. The van der Waals surface area contributed by atoms with Crippen LogP contribution in [-0.2, 0) is 23.0 Å². The molecule has 2 heterocycles. The molecule has 0 aliphatic carbocycles. The van der Waals surface area contributed by atoms with Crippen molar-refractivity contribution in [2.45, 2.75) is 116 Å². The van der Waals surface area contributed by atoms with Gasteiger partial charge in [0, 0.05) is 37.2 Å². The van der Waals surface area contributed by atoms with E-state index in [2.05, 4.69) is 54.3 Å². The van der Waals surface area contributed by atoms with E-state index in [1.807, 2.05) is 27.7 Å². The van der Waals surface area contributed by atoms with Crippen molar-refractivity contribution in [3.8, 4) is 12.3 Å². The number of hydrogen-bond acceptors (Lipinski definition) is 8. The summed E-state index contributed by atoms with van der Waals surface area (Å²) in [4.78, 5) is 44.0. The van der Waals surface area contributed by atoms with Gasteiger partial charge < -0.3 is 23.1 Å². The summed E-state index contributed by atoms with van der Waals surface area (Å²) >= 11 is 0. The molecule has 13 heteroatoms. The number of nitrogens with zero attached hydrogens (tertiary/aromatic N) is 3. The van der Waals surface area contributed by atoms with Gasteiger partial charge in [-0.3, -0.25) is 19.1 Å². The fraction of sp³-hybridized carbons (Fsp3) is 0.714. The van der Waals surface area contributed by atoms with Crippen LogP contribution in [0.3, 0.4) is 0 Å². The number of nitrogens with one attached hydrogen (secondary N) is 1. The molecule has 0 radical (unpaired) electrons. The Hall–Kier alpha value is -2.15. The molecule has 2 rings (SSSR count). The van der Waals surface area contributed by atoms with Crippen molar-refractivity contribution in [3.63, 3.8) is 0 Å². The highest BCUT2D eigenvalue weighted by Gasteiger charge is 2.55. The fourth-order valence-corrected chi connectivity index (χ4v) is 7.26. The molecule has 1 saturated heterocycles. The Morgan fingerprint density at radius 2 is 1.90 bits per heavy atom. The van der Waals surface area contributed by atoms with E-state index in [0.29, 0.717) is 0 Å². The van der Waals surface area contributed by atoms with E-state index in [9.17, 15) is 14.4 Å². The fourth-order valence-electron chi connectivity index (χ4n) is 4.24. The lowest BCUT2D eigenvalue weighted by molar-refractivity contribution is -0.135. The van der Waals surface area contributed by atoms with Gasteiger partial charge in [-0.05, 0) is 45.8 Å². The van der Waals surface area contributed by atoms with Gasteiger partial charge >= 0.3 is 5.69 Å². The maximum atomic E-state index is 13.5. The Bertz CT molecular complexity index is 1220. The number of terminal acetylenes is 1. The number of carbonyl (C=O) groups is 1. The molecule has 1 N–H and O–H groups in total. The summed E-state index contributed by atoms with van der Waals surface area (Å²) in [5.41, 5.74) is -1.25. The van der Waals surface area contributed by atoms with Gasteiger partial charge in [0.15, 0.2) is 20.3 Å². The molecule has 0 bridgehead atoms. The number of ketones is 1. The Morgan fingerprint density at radius 1 is 1.27 bits per heavy atom. The number of hydrogen-bond donors (Lipinski definition) is 1. The second kappa shape index (κ2) is 14.8. The van der Waals surface area contributed by atoms with Gasteiger partial charge in [-0.2, -0.15) is 0 Å². The van der Waals surface area contributed by atoms with E-state index in [4.69, 9.17) is 31.2 Å². The molecule has 2 unspecified atom stereocenters. The minimum absolute atomic E-state index is 0.0179. The minimum Gasteiger partial charge on any atom is -0.406 e. The maximum absolute atomic E-state index is 13.5. The van der Waals surface area contributed by atoms with Gasteiger partial charge in [0.05, 0.1) is 0 Å². The molecule has 5 atom stereocenters. The zero-order chi connectivity index (χ0) is 31.1. The van der Waals surface area contributed by atoms with Crippen molar-refractivity contribution in [3.05, 3.63) is 44.5 Å². The van der Waals surface area contributed by atoms with Gasteiger partial charge in [0.1, 0.15) is 24.9 Å². The van der Waals surface area contributed by atoms with Crippen molar-refractivity contribution in [1.82, 2.24) is 14.2 Å². The highest BCUT2D eigenvalue weighted by Crippen LogP contribution is 2.51. The summed E-state index contributed by atoms with van der Waals surface area (Å²) in [7, 11) is -4.31. The zero-order valence-corrected chi connectivity index (χ0v) is 27.6. The Kier molecular flexibility index (Phi) is 12.7. The normalized spacial score (nSPS) is 22.2. The molecule has 1 aliphatic rings. The van der Waals surface area contributed by atoms with Crippen LogP contribution in [0.2, 0.25) is 18.1 Å². The van der Waals surface area contributed by atoms with Crippen molar-refractivity contribution >= 4 is 22.6 Å². The van der Waals surface area contributed by atoms with E-state index < -0.39 is 52.6 Å². The van der Waals surface area contributed by atoms with Crippen molar-refractivity contribution < 1.29 is 23.0 Å². The van der Waals surface area contributed by atoms with Crippen LogP contribution < -0.4 is 11.2 Å². The van der Waals surface area contributed by atoms with E-state index in [0.717, 1.165) is 0 Å². The second-order valence-electron chi connectivity index (χ2n) is 12.1. The lowest BCUT2D eigenvalue weighted by Crippen LogP contribution is -2.50. The number of aromatic nitrogens is 2. The average Bonchev–Trinajstić information content (AvgIpc) is 3.18. The summed E-state index contributed by atoms with van der Waals surface area (Å²) in [6.07, 6.45) is 3.02. The first-order valence-electron chi connectivity index (χ1n) is 13.9. The molecule has 1 aliphatic heterocycles. The molecule has 228 valence electrons. The number of Topliss-reactive ketones (excluding diaryl/α,β-unsaturated/α-hetero) is 1. The van der Waals surface area contributed by atoms with Crippen LogP contribution in [0.1, 0.15) is 67.5 Å². The van der Waals surface area contributed by atoms with Crippen LogP contribution in [0.5, 0.6) is 0 Å². The first-order chi connectivity index (χ1) is 19.0. The second-order valence-corrected chi connectivity index (χ2v) is 18.2. The SMILES string of the molecule is [C-]#[N+]CCOP(OC1[C@@H](C(=O)CCC#C)O[C@@H](n2ccc(=O)[nH]c2=O)[C@H]1O[Si](C)(C)C(C)(C)C)N(C(C)C)C(C)C. The first kappa shape index (κ1) is 35.0. The highest BCUT2D eigenvalue weighted by molar-refractivity contribution is 7.44. The van der Waals surface area contributed by atoms with E-state index in [1.165, 1.54) is 16.8 Å². The van der Waals surface area contributed by atoms with Gasteiger partial charge in [-0.25, -0.2) is 16.0 Å². The summed E-state index contributed by atoms with van der Waals surface area (Å²) in [6, 6.07) is 1.26. The van der Waals surface area contributed by atoms with E-state index in [1.54, 1.807) is 0 Å². The van der Waals surface area contributed by atoms with Crippen LogP contribution in [0, 0.1) is 18.9 Å². The minimum atomic E-state index is -2.54. The Morgan fingerprint density at radius 3 is 2.41 bits per heavy atom. The Balaban J connectivity index is 2.72. The van der Waals surface area contributed by atoms with E-state index >= 15 is 0 Å². The molecule has 0 saturated carbocycles. The summed E-state index contributed by atoms with van der Waals surface area (Å²) in [6.45, 7) is 25.9. The maximum Gasteiger partial charge on any atom is 0.330 e. The van der Waals surface area contributed by atoms with Crippen molar-refractivity contribution in [2.24, 2.45) is 0 Å². The molecule has 11 nitrogen and oxygen atoms in total. The van der Waals surface area contributed by atoms with Crippen LogP contribution in [0.15, 0.2) is 21.9 Å². The molecule has 1 aromatic rings. The van der Waals surface area contributed by atoms with Crippen molar-refractivity contribution in [2.75, 3.05) is 13.2 Å². The van der Waals surface area contributed by atoms with Crippen LogP contribution in [0.4, 0.5) is 0 Å². The highest BCUT2D eigenvalue weighted by atomic mass is 31.2. The van der Waals surface area contributed by atoms with Gasteiger partial charge in [0.2, 0.25) is 6.54 Å². The molecule has 1 fully saturated rings. The topological polar surface area (TPSA) is 116 Å². The third kappa shape index (κ3) is 8.92. The number of carbonyl (C=O) groups excluding carboxylic acids is 1. The zero-order valence-electron chi connectivity index (χ0n) is 25.7. The molecular formula is C28H45N4O7PSi. The predicted molar refractivity (Wildman–Crippen MR) is 162 cm³/mol. The first-order valence-corrected chi connectivity index (χ1v) is 17.9. The van der Waals surface area contributed by atoms with Crippen LogP contribution in [-0.4, -0.2) is 71.9 Å². The summed E-state index contributed by atoms with van der Waals surface area (Å²) in [5, 5.41) is -0.220. The Labute approximate surface area is 245 Å². The molecule has 0 aromatic carbocycles. The lowest BCUT2D eigenvalue weighted by atomic mass is 10.0. The molecular weight excluding hydrogens is 563 g/mol. The van der Waals surface area contributed by atoms with Crippen LogP contribution in [0.25, 0.3) is 4.85 Å². The summed E-state index contributed by atoms with van der Waals surface area (Å²) in [5.74, 6) is 2.21. The number of ether oxygens (including phenoxy) is 1. The summed E-state index contributed by atoms with van der Waals surface area (Å²) < 4.78 is 29.4. The van der Waals surface area contributed by atoms with Crippen LogP contribution >= 0.6 is 8.53 Å². The third-order valence-corrected chi connectivity index (χ3v) is 13.8. The van der Waals surface area contributed by atoms with E-state index in [-0.39, 0.29) is 48.9 Å². The predicted octanol–water partition coefficient (Wildman–Crippen LogP) is 4.47. The molecule has 41 heavy (non-hydrogen) atoms. The number of rotatable bonds is 14. The molecule has 0 spiro atoms. The molecule has 0 amide bonds. The average molecular weight is 609 g/mol. The lowest BCUT2D eigenvalue weighted by Gasteiger charge is -2.42. The smallest absolute Gasteiger partial charge is 0.330 e. The number of aromatic amines is 1. The molecule has 1 aromatic heterocycles. The number of H-pyrrole nitrogens is 1. The van der Waals surface area contributed by atoms with Gasteiger partial charge in [-0.1, -0.05) is 20.8 Å². The monoisotopic (exact) mass is 608 g/mol. The third-order valence-electron chi connectivity index (χ3n) is 7.25. The quantitative estimate of drug-likeness (QED) is 0.108. The van der Waals surface area contributed by atoms with Crippen molar-refractivity contribution in [1.29, 1.82) is 0 Å².